The van der Waals surface area contributed by atoms with E-state index < -0.39 is 6.04 Å². The summed E-state index contributed by atoms with van der Waals surface area (Å²) in [7, 11) is 0. The molecule has 0 saturated heterocycles. The molecule has 0 fully saturated rings. The molecule has 3 aromatic carbocycles. The molecule has 0 aliphatic rings. The summed E-state index contributed by atoms with van der Waals surface area (Å²) in [5.41, 5.74) is 1.54. The minimum absolute atomic E-state index is 0.00302. The monoisotopic (exact) mass is 446 g/mol. The van der Waals surface area contributed by atoms with E-state index in [4.69, 9.17) is 34.8 Å². The second kappa shape index (κ2) is 9.79. The molecule has 1 unspecified atom stereocenters. The van der Waals surface area contributed by atoms with E-state index >= 15 is 0 Å². The van der Waals surface area contributed by atoms with Gasteiger partial charge in [-0.15, -0.1) is 0 Å². The number of amides is 2. The fraction of sp³-hybridized carbons (Fsp3) is 0.0909. The molecule has 0 aliphatic carbocycles. The lowest BCUT2D eigenvalue weighted by Gasteiger charge is -2.20. The van der Waals surface area contributed by atoms with Crippen molar-refractivity contribution >= 4 is 52.3 Å². The summed E-state index contributed by atoms with van der Waals surface area (Å²) in [4.78, 5) is 25.4. The van der Waals surface area contributed by atoms with Gasteiger partial charge in [-0.2, -0.15) is 0 Å². The van der Waals surface area contributed by atoms with Crippen molar-refractivity contribution in [2.24, 2.45) is 0 Å². The van der Waals surface area contributed by atoms with E-state index in [-0.39, 0.29) is 23.3 Å². The van der Waals surface area contributed by atoms with Gasteiger partial charge in [-0.1, -0.05) is 83.3 Å². The van der Waals surface area contributed by atoms with Crippen molar-refractivity contribution < 1.29 is 9.59 Å². The predicted octanol–water partition coefficient (Wildman–Crippen LogP) is 6.15. The number of nitrogens with one attached hydrogen (secondary N) is 2. The number of halogens is 3. The lowest BCUT2D eigenvalue weighted by molar-refractivity contribution is -0.116. The summed E-state index contributed by atoms with van der Waals surface area (Å²) in [6.45, 7) is 0. The second-order valence-electron chi connectivity index (χ2n) is 6.27. The SMILES string of the molecule is O=C(CC(NC(=O)c1ccccc1Cl)c1ccccc1)Nc1cccc(Cl)c1Cl. The number of rotatable bonds is 6. The third-order valence-electron chi connectivity index (χ3n) is 4.24. The highest BCUT2D eigenvalue weighted by Gasteiger charge is 2.21. The van der Waals surface area contributed by atoms with Crippen LogP contribution in [-0.4, -0.2) is 11.8 Å². The summed E-state index contributed by atoms with van der Waals surface area (Å²) >= 11 is 18.3. The molecule has 29 heavy (non-hydrogen) atoms. The number of carbonyl (C=O) groups is 2. The van der Waals surface area contributed by atoms with Gasteiger partial charge in [-0.3, -0.25) is 9.59 Å². The Kier molecular flexibility index (Phi) is 7.15. The minimum Gasteiger partial charge on any atom is -0.345 e. The fourth-order valence-corrected chi connectivity index (χ4v) is 3.38. The molecule has 2 amide bonds. The van der Waals surface area contributed by atoms with Crippen LogP contribution < -0.4 is 10.6 Å². The zero-order chi connectivity index (χ0) is 20.8. The first kappa shape index (κ1) is 21.2. The van der Waals surface area contributed by atoms with Crippen molar-refractivity contribution in [2.45, 2.75) is 12.5 Å². The summed E-state index contributed by atoms with van der Waals surface area (Å²) in [5.74, 6) is -0.680. The predicted molar refractivity (Wildman–Crippen MR) is 118 cm³/mol. The second-order valence-corrected chi connectivity index (χ2v) is 7.46. The first-order valence-corrected chi connectivity index (χ1v) is 9.93. The Labute approximate surface area is 183 Å². The maximum atomic E-state index is 12.7. The fourth-order valence-electron chi connectivity index (χ4n) is 2.81. The van der Waals surface area contributed by atoms with Crippen LogP contribution in [0.3, 0.4) is 0 Å². The Morgan fingerprint density at radius 1 is 0.793 bits per heavy atom. The van der Waals surface area contributed by atoms with Crippen LogP contribution in [0.15, 0.2) is 72.8 Å². The molecule has 4 nitrogen and oxygen atoms in total. The van der Waals surface area contributed by atoms with E-state index in [0.717, 1.165) is 5.56 Å². The average molecular weight is 448 g/mol. The van der Waals surface area contributed by atoms with Gasteiger partial charge in [-0.05, 0) is 29.8 Å². The van der Waals surface area contributed by atoms with Crippen molar-refractivity contribution in [3.05, 3.63) is 99.0 Å². The lowest BCUT2D eigenvalue weighted by atomic mass is 10.0. The molecule has 0 spiro atoms. The van der Waals surface area contributed by atoms with E-state index in [1.807, 2.05) is 30.3 Å². The number of anilines is 1. The Balaban J connectivity index is 1.79. The maximum Gasteiger partial charge on any atom is 0.253 e. The maximum absolute atomic E-state index is 12.7. The van der Waals surface area contributed by atoms with Crippen molar-refractivity contribution in [2.75, 3.05) is 5.32 Å². The van der Waals surface area contributed by atoms with E-state index in [9.17, 15) is 9.59 Å². The van der Waals surface area contributed by atoms with Gasteiger partial charge in [0.05, 0.1) is 38.8 Å². The van der Waals surface area contributed by atoms with Crippen LogP contribution in [-0.2, 0) is 4.79 Å². The van der Waals surface area contributed by atoms with Gasteiger partial charge in [0, 0.05) is 0 Å². The molecular formula is C22H17Cl3N2O2. The van der Waals surface area contributed by atoms with Crippen LogP contribution in [0, 0.1) is 0 Å². The summed E-state index contributed by atoms with van der Waals surface area (Å²) in [5, 5.41) is 6.58. The molecule has 0 saturated carbocycles. The smallest absolute Gasteiger partial charge is 0.253 e. The van der Waals surface area contributed by atoms with Gasteiger partial charge in [0.1, 0.15) is 0 Å². The van der Waals surface area contributed by atoms with Crippen molar-refractivity contribution in [3.63, 3.8) is 0 Å². The molecule has 1 atom stereocenters. The highest BCUT2D eigenvalue weighted by atomic mass is 35.5. The number of hydrogen-bond acceptors (Lipinski definition) is 2. The third-order valence-corrected chi connectivity index (χ3v) is 5.39. The average Bonchev–Trinajstić information content (AvgIpc) is 2.72. The first-order valence-electron chi connectivity index (χ1n) is 8.80. The van der Waals surface area contributed by atoms with E-state index in [0.29, 0.717) is 21.3 Å². The summed E-state index contributed by atoms with van der Waals surface area (Å²) in [6.07, 6.45) is 0.00302. The first-order chi connectivity index (χ1) is 14.0. The minimum atomic E-state index is -0.557. The van der Waals surface area contributed by atoms with Crippen molar-refractivity contribution in [1.29, 1.82) is 0 Å². The Morgan fingerprint density at radius 2 is 1.45 bits per heavy atom. The Bertz CT molecular complexity index is 1030. The van der Waals surface area contributed by atoms with Gasteiger partial charge in [0.2, 0.25) is 5.91 Å². The third kappa shape index (κ3) is 5.51. The van der Waals surface area contributed by atoms with Crippen LogP contribution in [0.25, 0.3) is 0 Å². The molecule has 148 valence electrons. The molecule has 0 radical (unpaired) electrons. The molecule has 3 rings (SSSR count). The van der Waals surface area contributed by atoms with Crippen molar-refractivity contribution in [3.8, 4) is 0 Å². The molecular weight excluding hydrogens is 431 g/mol. The lowest BCUT2D eigenvalue weighted by Crippen LogP contribution is -2.31. The highest BCUT2D eigenvalue weighted by molar-refractivity contribution is 6.44. The molecule has 2 N–H and O–H groups in total. The summed E-state index contributed by atoms with van der Waals surface area (Å²) in [6, 6.07) is 20.4. The van der Waals surface area contributed by atoms with Crippen LogP contribution in [0.1, 0.15) is 28.4 Å². The standard InChI is InChI=1S/C22H17Cl3N2O2/c23-16-10-5-4-9-15(16)22(29)27-19(14-7-2-1-3-8-14)13-20(28)26-18-12-6-11-17(24)21(18)25/h1-12,19H,13H2,(H,26,28)(H,27,29). The zero-order valence-electron chi connectivity index (χ0n) is 15.2. The molecule has 0 heterocycles. The van der Waals surface area contributed by atoms with Gasteiger partial charge in [0.15, 0.2) is 0 Å². The largest absolute Gasteiger partial charge is 0.345 e. The normalized spacial score (nSPS) is 11.6. The van der Waals surface area contributed by atoms with Gasteiger partial charge in [0.25, 0.3) is 5.91 Å². The van der Waals surface area contributed by atoms with Gasteiger partial charge < -0.3 is 10.6 Å². The molecule has 3 aromatic rings. The zero-order valence-corrected chi connectivity index (χ0v) is 17.4. The Morgan fingerprint density at radius 3 is 2.17 bits per heavy atom. The van der Waals surface area contributed by atoms with Gasteiger partial charge >= 0.3 is 0 Å². The van der Waals surface area contributed by atoms with E-state index in [1.54, 1.807) is 42.5 Å². The van der Waals surface area contributed by atoms with Crippen molar-refractivity contribution in [1.82, 2.24) is 5.32 Å². The summed E-state index contributed by atoms with van der Waals surface area (Å²) < 4.78 is 0. The van der Waals surface area contributed by atoms with Crippen LogP contribution in [0.2, 0.25) is 15.1 Å². The number of carbonyl (C=O) groups excluding carboxylic acids is 2. The molecule has 0 aromatic heterocycles. The Hall–Kier alpha value is -2.53. The topological polar surface area (TPSA) is 58.2 Å². The molecule has 7 heteroatoms. The number of hydrogen-bond donors (Lipinski definition) is 2. The van der Waals surface area contributed by atoms with Gasteiger partial charge in [-0.25, -0.2) is 0 Å². The van der Waals surface area contributed by atoms with Crippen LogP contribution >= 0.6 is 34.8 Å². The number of benzene rings is 3. The molecule has 0 aliphatic heterocycles. The van der Waals surface area contributed by atoms with Crippen LogP contribution in [0.5, 0.6) is 0 Å². The van der Waals surface area contributed by atoms with E-state index in [2.05, 4.69) is 10.6 Å². The van der Waals surface area contributed by atoms with Crippen LogP contribution in [0.4, 0.5) is 5.69 Å². The van der Waals surface area contributed by atoms with E-state index in [1.165, 1.54) is 0 Å². The molecule has 0 bridgehead atoms. The quantitative estimate of drug-likeness (QED) is 0.476. The highest BCUT2D eigenvalue weighted by Crippen LogP contribution is 2.30.